The van der Waals surface area contributed by atoms with Crippen molar-refractivity contribution in [2.75, 3.05) is 13.2 Å². The molecule has 144 valence electrons. The maximum Gasteiger partial charge on any atom is 0.363 e. The summed E-state index contributed by atoms with van der Waals surface area (Å²) >= 11 is 12.0. The lowest BCUT2D eigenvalue weighted by molar-refractivity contribution is -0.145. The van der Waals surface area contributed by atoms with Gasteiger partial charge < -0.3 is 14.2 Å². The van der Waals surface area contributed by atoms with Crippen LogP contribution in [0.3, 0.4) is 0 Å². The number of hydrogen-bond donors (Lipinski definition) is 0. The van der Waals surface area contributed by atoms with Crippen LogP contribution in [0.2, 0.25) is 10.0 Å². The lowest BCUT2D eigenvalue weighted by atomic mass is 10.2. The molecule has 2 aromatic carbocycles. The van der Waals surface area contributed by atoms with Gasteiger partial charge in [-0.25, -0.2) is 14.6 Å². The Balaban J connectivity index is 1.79. The Kier molecular flexibility index (Phi) is 6.34. The Morgan fingerprint density at radius 1 is 1.21 bits per heavy atom. The summed E-state index contributed by atoms with van der Waals surface area (Å²) in [5, 5.41) is 0.795. The molecule has 1 aliphatic heterocycles. The first-order valence-corrected chi connectivity index (χ1v) is 9.08. The van der Waals surface area contributed by atoms with E-state index in [2.05, 4.69) is 4.99 Å². The van der Waals surface area contributed by atoms with Gasteiger partial charge in [0.05, 0.1) is 17.2 Å². The van der Waals surface area contributed by atoms with Crippen LogP contribution in [0.5, 0.6) is 5.75 Å². The van der Waals surface area contributed by atoms with Crippen molar-refractivity contribution in [3.8, 4) is 5.75 Å². The summed E-state index contributed by atoms with van der Waals surface area (Å²) in [6.07, 6.45) is 1.55. The highest BCUT2D eigenvalue weighted by Gasteiger charge is 2.25. The molecule has 0 atom stereocenters. The fourth-order valence-electron chi connectivity index (χ4n) is 2.38. The van der Waals surface area contributed by atoms with Gasteiger partial charge >= 0.3 is 11.9 Å². The zero-order chi connectivity index (χ0) is 20.1. The number of aliphatic imine (C=N–C) groups is 1. The third-order valence-corrected chi connectivity index (χ3v) is 4.15. The zero-order valence-corrected chi connectivity index (χ0v) is 16.3. The van der Waals surface area contributed by atoms with Crippen LogP contribution < -0.4 is 4.74 Å². The Hall–Kier alpha value is -2.83. The van der Waals surface area contributed by atoms with Crippen LogP contribution in [0.1, 0.15) is 18.1 Å². The second-order valence-corrected chi connectivity index (χ2v) is 6.47. The lowest BCUT2D eigenvalue weighted by Gasteiger charge is -2.06. The van der Waals surface area contributed by atoms with Crippen molar-refractivity contribution in [1.82, 2.24) is 0 Å². The molecule has 0 saturated carbocycles. The summed E-state index contributed by atoms with van der Waals surface area (Å²) in [5.74, 6) is -0.495. The first-order chi connectivity index (χ1) is 13.5. The zero-order valence-electron chi connectivity index (χ0n) is 14.8. The maximum absolute atomic E-state index is 12.1. The highest BCUT2D eigenvalue weighted by molar-refractivity contribution is 6.37. The molecule has 0 N–H and O–H groups in total. The Morgan fingerprint density at radius 3 is 2.79 bits per heavy atom. The number of nitrogens with zero attached hydrogens (tertiary/aromatic N) is 1. The van der Waals surface area contributed by atoms with Gasteiger partial charge in [-0.15, -0.1) is 0 Å². The molecule has 28 heavy (non-hydrogen) atoms. The van der Waals surface area contributed by atoms with Crippen LogP contribution in [0, 0.1) is 0 Å². The van der Waals surface area contributed by atoms with Gasteiger partial charge in [0, 0.05) is 5.02 Å². The quantitative estimate of drug-likeness (QED) is 0.515. The fraction of sp³-hybridized carbons (Fsp3) is 0.150. The molecule has 0 spiro atoms. The third-order valence-electron chi connectivity index (χ3n) is 3.61. The maximum atomic E-state index is 12.1. The molecule has 1 aliphatic rings. The van der Waals surface area contributed by atoms with Crippen LogP contribution in [-0.4, -0.2) is 31.1 Å². The monoisotopic (exact) mass is 419 g/mol. The molecule has 6 nitrogen and oxygen atoms in total. The predicted molar refractivity (Wildman–Crippen MR) is 106 cm³/mol. The van der Waals surface area contributed by atoms with E-state index in [-0.39, 0.29) is 24.8 Å². The summed E-state index contributed by atoms with van der Waals surface area (Å²) in [4.78, 5) is 27.7. The van der Waals surface area contributed by atoms with Gasteiger partial charge in [-0.1, -0.05) is 35.3 Å². The third kappa shape index (κ3) is 4.91. The molecule has 0 saturated heterocycles. The highest BCUT2D eigenvalue weighted by atomic mass is 35.5. The van der Waals surface area contributed by atoms with Gasteiger partial charge in [0.2, 0.25) is 5.90 Å². The van der Waals surface area contributed by atoms with Crippen molar-refractivity contribution in [1.29, 1.82) is 0 Å². The number of halogens is 2. The van der Waals surface area contributed by atoms with Crippen molar-refractivity contribution in [3.05, 3.63) is 69.3 Å². The van der Waals surface area contributed by atoms with Crippen LogP contribution in [0.15, 0.2) is 53.2 Å². The van der Waals surface area contributed by atoms with E-state index >= 15 is 0 Å². The first-order valence-electron chi connectivity index (χ1n) is 8.32. The standard InChI is InChI=1S/C20H15Cl2NO5/c1-2-26-18(24)11-27-14-5-3-4-12(8-14)9-17-20(25)28-19(23-17)15-7-6-13(21)10-16(15)22/h3-10H,2,11H2,1H3/b17-9-. The molecule has 3 rings (SSSR count). The topological polar surface area (TPSA) is 74.2 Å². The van der Waals surface area contributed by atoms with Gasteiger partial charge in [0.25, 0.3) is 0 Å². The van der Waals surface area contributed by atoms with E-state index in [0.29, 0.717) is 26.9 Å². The first kappa shape index (κ1) is 19.9. The Labute approximate surface area is 171 Å². The predicted octanol–water partition coefficient (Wildman–Crippen LogP) is 4.28. The van der Waals surface area contributed by atoms with Crippen LogP contribution in [-0.2, 0) is 19.1 Å². The molecule has 0 radical (unpaired) electrons. The van der Waals surface area contributed by atoms with E-state index in [0.717, 1.165) is 0 Å². The van der Waals surface area contributed by atoms with Crippen LogP contribution >= 0.6 is 23.2 Å². The van der Waals surface area contributed by atoms with E-state index in [9.17, 15) is 9.59 Å². The number of esters is 2. The molecular formula is C20H15Cl2NO5. The molecule has 0 aromatic heterocycles. The molecule has 0 unspecified atom stereocenters. The van der Waals surface area contributed by atoms with E-state index in [4.69, 9.17) is 37.4 Å². The number of cyclic esters (lactones) is 1. The van der Waals surface area contributed by atoms with Crippen molar-refractivity contribution in [3.63, 3.8) is 0 Å². The smallest absolute Gasteiger partial charge is 0.363 e. The minimum atomic E-state index is -0.598. The Morgan fingerprint density at radius 2 is 2.04 bits per heavy atom. The van der Waals surface area contributed by atoms with E-state index < -0.39 is 11.9 Å². The van der Waals surface area contributed by atoms with E-state index in [1.54, 1.807) is 55.5 Å². The molecular weight excluding hydrogens is 405 g/mol. The number of hydrogen-bond acceptors (Lipinski definition) is 6. The minimum Gasteiger partial charge on any atom is -0.482 e. The van der Waals surface area contributed by atoms with E-state index in [1.807, 2.05) is 0 Å². The van der Waals surface area contributed by atoms with Crippen LogP contribution in [0.25, 0.3) is 6.08 Å². The highest BCUT2D eigenvalue weighted by Crippen LogP contribution is 2.26. The summed E-state index contributed by atoms with van der Waals surface area (Å²) in [6.45, 7) is 1.80. The summed E-state index contributed by atoms with van der Waals surface area (Å²) in [7, 11) is 0. The van der Waals surface area contributed by atoms with E-state index in [1.165, 1.54) is 0 Å². The molecule has 0 aliphatic carbocycles. The lowest BCUT2D eigenvalue weighted by Crippen LogP contribution is -2.14. The van der Waals surface area contributed by atoms with Crippen molar-refractivity contribution < 1.29 is 23.8 Å². The summed E-state index contributed by atoms with van der Waals surface area (Å²) in [5.41, 5.74) is 1.23. The average Bonchev–Trinajstić information content (AvgIpc) is 3.01. The minimum absolute atomic E-state index is 0.104. The molecule has 0 fully saturated rings. The van der Waals surface area contributed by atoms with Gasteiger partial charge in [0.1, 0.15) is 5.75 Å². The SMILES string of the molecule is CCOC(=O)COc1cccc(/C=C2\N=C(c3ccc(Cl)cc3Cl)OC2=O)c1. The van der Waals surface area contributed by atoms with Gasteiger partial charge in [-0.3, -0.25) is 0 Å². The number of carbonyl (C=O) groups excluding carboxylic acids is 2. The molecule has 1 heterocycles. The van der Waals surface area contributed by atoms with Crippen molar-refractivity contribution >= 4 is 47.1 Å². The number of ether oxygens (including phenoxy) is 3. The van der Waals surface area contributed by atoms with Gasteiger partial charge in [-0.2, -0.15) is 0 Å². The van der Waals surface area contributed by atoms with Crippen molar-refractivity contribution in [2.24, 2.45) is 4.99 Å². The summed E-state index contributed by atoms with van der Waals surface area (Å²) < 4.78 is 15.4. The Bertz CT molecular complexity index is 984. The van der Waals surface area contributed by atoms with Crippen molar-refractivity contribution in [2.45, 2.75) is 6.92 Å². The van der Waals surface area contributed by atoms with Gasteiger partial charge in [0.15, 0.2) is 12.3 Å². The number of benzene rings is 2. The molecule has 0 amide bonds. The van der Waals surface area contributed by atoms with Crippen LogP contribution in [0.4, 0.5) is 0 Å². The molecule has 0 bridgehead atoms. The average molecular weight is 420 g/mol. The second kappa shape index (κ2) is 8.91. The molecule has 2 aromatic rings. The molecule has 8 heteroatoms. The summed E-state index contributed by atoms with van der Waals surface area (Å²) in [6, 6.07) is 11.7. The second-order valence-electron chi connectivity index (χ2n) is 5.63. The number of rotatable bonds is 6. The largest absolute Gasteiger partial charge is 0.482 e. The normalized spacial score (nSPS) is 14.6. The fourth-order valence-corrected chi connectivity index (χ4v) is 2.87. The number of carbonyl (C=O) groups is 2. The van der Waals surface area contributed by atoms with Gasteiger partial charge in [-0.05, 0) is 48.9 Å².